The summed E-state index contributed by atoms with van der Waals surface area (Å²) in [6, 6.07) is 18.3. The van der Waals surface area contributed by atoms with Crippen LogP contribution in [0.2, 0.25) is 0 Å². The third kappa shape index (κ3) is 6.25. The Labute approximate surface area is 205 Å². The maximum absolute atomic E-state index is 14.0. The number of benzene rings is 3. The Hall–Kier alpha value is -3.25. The summed E-state index contributed by atoms with van der Waals surface area (Å²) >= 11 is 0. The van der Waals surface area contributed by atoms with Crippen LogP contribution in [0, 0.1) is 31.4 Å². The number of halogens is 2. The van der Waals surface area contributed by atoms with Gasteiger partial charge in [-0.3, -0.25) is 9.69 Å². The summed E-state index contributed by atoms with van der Waals surface area (Å²) in [4.78, 5) is 13.0. The van der Waals surface area contributed by atoms with Crippen molar-refractivity contribution in [3.8, 4) is 5.75 Å². The van der Waals surface area contributed by atoms with E-state index in [9.17, 15) is 13.6 Å². The number of nitrogens with zero attached hydrogens (tertiary/aromatic N) is 1. The quantitative estimate of drug-likeness (QED) is 0.358. The molecule has 0 amide bonds. The molecule has 3 aromatic rings. The molecule has 0 bridgehead atoms. The van der Waals surface area contributed by atoms with Crippen LogP contribution in [-0.4, -0.2) is 35.7 Å². The molecule has 0 spiro atoms. The molecule has 1 heterocycles. The van der Waals surface area contributed by atoms with Crippen molar-refractivity contribution in [1.82, 2.24) is 4.90 Å². The monoisotopic (exact) mass is 479 g/mol. The minimum absolute atomic E-state index is 0.0541. The number of carboxylic acids is 1. The van der Waals surface area contributed by atoms with Gasteiger partial charge < -0.3 is 9.84 Å². The van der Waals surface area contributed by atoms with Gasteiger partial charge in [-0.2, -0.15) is 0 Å². The molecule has 3 aromatic carbocycles. The molecule has 1 atom stereocenters. The van der Waals surface area contributed by atoms with Gasteiger partial charge in [0.15, 0.2) is 11.6 Å². The first-order valence-corrected chi connectivity index (χ1v) is 12.0. The predicted molar refractivity (Wildman–Crippen MR) is 132 cm³/mol. The maximum atomic E-state index is 14.0. The molecule has 4 rings (SSSR count). The van der Waals surface area contributed by atoms with Gasteiger partial charge in [0.1, 0.15) is 5.75 Å². The van der Waals surface area contributed by atoms with Crippen molar-refractivity contribution < 1.29 is 23.4 Å². The smallest absolute Gasteiger partial charge is 0.309 e. The molecular weight excluding hydrogens is 448 g/mol. The van der Waals surface area contributed by atoms with Crippen LogP contribution in [0.4, 0.5) is 8.78 Å². The van der Waals surface area contributed by atoms with Crippen molar-refractivity contribution in [3.63, 3.8) is 0 Å². The Balaban J connectivity index is 1.33. The van der Waals surface area contributed by atoms with Crippen molar-refractivity contribution in [3.05, 3.63) is 100 Å². The second-order valence-corrected chi connectivity index (χ2v) is 9.43. The fourth-order valence-corrected chi connectivity index (χ4v) is 4.52. The molecule has 4 nitrogen and oxygen atoms in total. The normalized spacial score (nSPS) is 15.0. The molecule has 1 N–H and O–H groups in total. The van der Waals surface area contributed by atoms with Gasteiger partial charge >= 0.3 is 5.97 Å². The number of hydrogen-bond donors (Lipinski definition) is 1. The number of aliphatic carboxylic acids is 1. The first-order valence-electron chi connectivity index (χ1n) is 12.0. The zero-order valence-electron chi connectivity index (χ0n) is 20.1. The number of ether oxygens (including phenoxy) is 1. The number of carbonyl (C=O) groups is 1. The highest BCUT2D eigenvalue weighted by molar-refractivity contribution is 5.71. The molecule has 1 aliphatic rings. The molecular formula is C29H31F2NO3. The molecule has 0 radical (unpaired) electrons. The van der Waals surface area contributed by atoms with Gasteiger partial charge in [-0.25, -0.2) is 8.78 Å². The van der Waals surface area contributed by atoms with E-state index in [1.807, 2.05) is 24.3 Å². The van der Waals surface area contributed by atoms with Crippen LogP contribution in [-0.2, 0) is 11.3 Å². The summed E-state index contributed by atoms with van der Waals surface area (Å²) in [6.45, 7) is 6.54. The van der Waals surface area contributed by atoms with E-state index in [2.05, 4.69) is 36.9 Å². The molecule has 6 heteroatoms. The van der Waals surface area contributed by atoms with Gasteiger partial charge in [-0.15, -0.1) is 0 Å². The van der Waals surface area contributed by atoms with Crippen LogP contribution in [0.3, 0.4) is 0 Å². The molecule has 184 valence electrons. The Morgan fingerprint density at radius 1 is 0.971 bits per heavy atom. The van der Waals surface area contributed by atoms with Crippen LogP contribution >= 0.6 is 0 Å². The number of carboxylic acid groups (broad SMARTS) is 1. The third-order valence-electron chi connectivity index (χ3n) is 6.82. The van der Waals surface area contributed by atoms with E-state index >= 15 is 0 Å². The second kappa shape index (κ2) is 11.0. The highest BCUT2D eigenvalue weighted by Crippen LogP contribution is 2.31. The highest BCUT2D eigenvalue weighted by atomic mass is 19.2. The minimum atomic E-state index is -0.838. The summed E-state index contributed by atoms with van der Waals surface area (Å²) < 4.78 is 33.4. The first kappa shape index (κ1) is 24.9. The molecule has 1 unspecified atom stereocenters. The van der Waals surface area contributed by atoms with E-state index in [0.29, 0.717) is 19.7 Å². The van der Waals surface area contributed by atoms with Crippen LogP contribution in [0.1, 0.15) is 46.6 Å². The van der Waals surface area contributed by atoms with E-state index in [1.165, 1.54) is 23.3 Å². The number of hydrogen-bond acceptors (Lipinski definition) is 3. The van der Waals surface area contributed by atoms with E-state index < -0.39 is 17.6 Å². The lowest BCUT2D eigenvalue weighted by atomic mass is 9.86. The van der Waals surface area contributed by atoms with Crippen molar-refractivity contribution in [2.45, 2.75) is 39.2 Å². The summed E-state index contributed by atoms with van der Waals surface area (Å²) in [5.74, 6) is -1.93. The lowest BCUT2D eigenvalue weighted by molar-refractivity contribution is -0.147. The van der Waals surface area contributed by atoms with Gasteiger partial charge in [-0.1, -0.05) is 36.4 Å². The van der Waals surface area contributed by atoms with Crippen LogP contribution in [0.15, 0.2) is 60.7 Å². The Morgan fingerprint density at radius 2 is 1.66 bits per heavy atom. The number of likely N-dealkylation sites (tertiary alicyclic amines) is 1. The average molecular weight is 480 g/mol. The van der Waals surface area contributed by atoms with Gasteiger partial charge in [0, 0.05) is 25.6 Å². The number of aryl methyl sites for hydroxylation is 2. The van der Waals surface area contributed by atoms with E-state index in [-0.39, 0.29) is 11.8 Å². The van der Waals surface area contributed by atoms with Crippen LogP contribution in [0.5, 0.6) is 5.75 Å². The lowest BCUT2D eigenvalue weighted by Gasteiger charge is -2.36. The van der Waals surface area contributed by atoms with Crippen LogP contribution < -0.4 is 4.74 Å². The fraction of sp³-hybridized carbons (Fsp3) is 0.345. The van der Waals surface area contributed by atoms with E-state index in [4.69, 9.17) is 9.84 Å². The fourth-order valence-electron chi connectivity index (χ4n) is 4.52. The molecule has 0 saturated carbocycles. The second-order valence-electron chi connectivity index (χ2n) is 9.43. The molecule has 1 aliphatic heterocycles. The van der Waals surface area contributed by atoms with E-state index in [1.54, 1.807) is 6.07 Å². The van der Waals surface area contributed by atoms with Crippen molar-refractivity contribution in [2.24, 2.45) is 5.92 Å². The largest absolute Gasteiger partial charge is 0.494 e. The predicted octanol–water partition coefficient (Wildman–Crippen LogP) is 6.09. The average Bonchev–Trinajstić information content (AvgIpc) is 2.80. The van der Waals surface area contributed by atoms with Crippen molar-refractivity contribution in [1.29, 1.82) is 0 Å². The summed E-state index contributed by atoms with van der Waals surface area (Å²) in [6.07, 6.45) is 1.49. The van der Waals surface area contributed by atoms with Gasteiger partial charge in [0.25, 0.3) is 0 Å². The SMILES string of the molecule is Cc1ccc(C(CCCOc2ccc(CN3CC(C(=O)O)C3)cc2)c2ccc(F)c(F)c2)cc1C. The molecule has 0 aromatic heterocycles. The van der Waals surface area contributed by atoms with Gasteiger partial charge in [0.2, 0.25) is 0 Å². The topological polar surface area (TPSA) is 49.8 Å². The first-order chi connectivity index (χ1) is 16.8. The Morgan fingerprint density at radius 3 is 2.31 bits per heavy atom. The summed E-state index contributed by atoms with van der Waals surface area (Å²) in [5, 5.41) is 8.99. The lowest BCUT2D eigenvalue weighted by Crippen LogP contribution is -2.49. The Kier molecular flexibility index (Phi) is 7.81. The zero-order valence-corrected chi connectivity index (χ0v) is 20.1. The molecule has 35 heavy (non-hydrogen) atoms. The molecule has 1 saturated heterocycles. The van der Waals surface area contributed by atoms with E-state index in [0.717, 1.165) is 41.8 Å². The standard InChI is InChI=1S/C29H31F2NO3/c1-19-5-8-22(14-20(19)2)26(23-9-12-27(30)28(31)15-23)4-3-13-35-25-10-6-21(7-11-25)16-32-17-24(18-32)29(33)34/h5-12,14-15,24,26H,3-4,13,16-18H2,1-2H3,(H,33,34). The number of rotatable bonds is 10. The summed E-state index contributed by atoms with van der Waals surface area (Å²) in [7, 11) is 0. The summed E-state index contributed by atoms with van der Waals surface area (Å²) in [5.41, 5.74) is 5.32. The molecule has 0 aliphatic carbocycles. The zero-order chi connectivity index (χ0) is 24.9. The van der Waals surface area contributed by atoms with Gasteiger partial charge in [-0.05, 0) is 78.8 Å². The van der Waals surface area contributed by atoms with Crippen molar-refractivity contribution in [2.75, 3.05) is 19.7 Å². The Bertz CT molecular complexity index is 1120. The van der Waals surface area contributed by atoms with Crippen LogP contribution in [0.25, 0.3) is 0 Å². The minimum Gasteiger partial charge on any atom is -0.494 e. The highest BCUT2D eigenvalue weighted by Gasteiger charge is 2.32. The van der Waals surface area contributed by atoms with Gasteiger partial charge in [0.05, 0.1) is 12.5 Å². The van der Waals surface area contributed by atoms with Crippen molar-refractivity contribution >= 4 is 5.97 Å². The third-order valence-corrected chi connectivity index (χ3v) is 6.82. The molecule has 1 fully saturated rings. The maximum Gasteiger partial charge on any atom is 0.309 e.